The van der Waals surface area contributed by atoms with Gasteiger partial charge in [0.05, 0.1) is 0 Å². The molecule has 0 unspecified atom stereocenters. The zero-order valence-corrected chi connectivity index (χ0v) is 6.39. The van der Waals surface area contributed by atoms with E-state index in [1.165, 1.54) is 10.9 Å². The summed E-state index contributed by atoms with van der Waals surface area (Å²) in [4.78, 5) is 3.10. The molecule has 1 aromatic carbocycles. The molecule has 0 bridgehead atoms. The smallest absolute Gasteiger partial charge is 0.101 e. The van der Waals surface area contributed by atoms with Crippen molar-refractivity contribution >= 4 is 16.7 Å². The standard InChI is InChI=1S/C9H10N2/c1-6-3-2-4-7-5-8(10)11-9(6)7/h2-5,11H,10H2,1H3. The highest BCUT2D eigenvalue weighted by molar-refractivity contribution is 5.85. The number of nitrogens with one attached hydrogen (secondary N) is 1. The molecule has 2 aromatic rings. The van der Waals surface area contributed by atoms with Crippen LogP contribution in [0.2, 0.25) is 0 Å². The first kappa shape index (κ1) is 6.28. The summed E-state index contributed by atoms with van der Waals surface area (Å²) in [5, 5.41) is 1.18. The van der Waals surface area contributed by atoms with E-state index in [4.69, 9.17) is 5.73 Å². The molecule has 0 radical (unpaired) electrons. The van der Waals surface area contributed by atoms with E-state index in [1.807, 2.05) is 12.1 Å². The van der Waals surface area contributed by atoms with E-state index < -0.39 is 0 Å². The maximum absolute atomic E-state index is 5.60. The maximum atomic E-state index is 5.60. The Morgan fingerprint density at radius 3 is 2.91 bits per heavy atom. The zero-order valence-electron chi connectivity index (χ0n) is 6.39. The van der Waals surface area contributed by atoms with Gasteiger partial charge in [-0.15, -0.1) is 0 Å². The highest BCUT2D eigenvalue weighted by Gasteiger charge is 1.98. The lowest BCUT2D eigenvalue weighted by molar-refractivity contribution is 1.42. The number of para-hydroxylation sites is 1. The van der Waals surface area contributed by atoms with E-state index in [1.54, 1.807) is 0 Å². The van der Waals surface area contributed by atoms with Gasteiger partial charge in [-0.1, -0.05) is 18.2 Å². The number of hydrogen-bond donors (Lipinski definition) is 2. The predicted octanol–water partition coefficient (Wildman–Crippen LogP) is 2.06. The third-order valence-electron chi connectivity index (χ3n) is 1.89. The quantitative estimate of drug-likeness (QED) is 0.587. The Kier molecular flexibility index (Phi) is 1.15. The van der Waals surface area contributed by atoms with Gasteiger partial charge in [0.15, 0.2) is 0 Å². The maximum Gasteiger partial charge on any atom is 0.101 e. The van der Waals surface area contributed by atoms with Crippen LogP contribution in [0.1, 0.15) is 5.56 Å². The number of aromatic nitrogens is 1. The molecule has 0 fully saturated rings. The van der Waals surface area contributed by atoms with Crippen molar-refractivity contribution in [3.63, 3.8) is 0 Å². The van der Waals surface area contributed by atoms with Crippen molar-refractivity contribution in [1.82, 2.24) is 4.98 Å². The molecule has 0 saturated heterocycles. The normalized spacial score (nSPS) is 10.6. The molecule has 0 saturated carbocycles. The number of benzene rings is 1. The van der Waals surface area contributed by atoms with E-state index in [2.05, 4.69) is 24.0 Å². The summed E-state index contributed by atoms with van der Waals surface area (Å²) in [7, 11) is 0. The van der Waals surface area contributed by atoms with Crippen molar-refractivity contribution in [1.29, 1.82) is 0 Å². The number of aryl methyl sites for hydroxylation is 1. The summed E-state index contributed by atoms with van der Waals surface area (Å²) in [6.45, 7) is 2.07. The number of hydrogen-bond acceptors (Lipinski definition) is 1. The van der Waals surface area contributed by atoms with Crippen LogP contribution >= 0.6 is 0 Å². The lowest BCUT2D eigenvalue weighted by atomic mass is 10.2. The van der Waals surface area contributed by atoms with Crippen LogP contribution in [0.4, 0.5) is 5.82 Å². The minimum Gasteiger partial charge on any atom is -0.385 e. The lowest BCUT2D eigenvalue weighted by Crippen LogP contribution is -1.81. The van der Waals surface area contributed by atoms with Gasteiger partial charge in [0.2, 0.25) is 0 Å². The minimum absolute atomic E-state index is 0.731. The Bertz CT molecular complexity index is 387. The van der Waals surface area contributed by atoms with E-state index >= 15 is 0 Å². The van der Waals surface area contributed by atoms with Gasteiger partial charge in [-0.25, -0.2) is 0 Å². The molecule has 3 N–H and O–H groups in total. The molecule has 0 aliphatic heterocycles. The highest BCUT2D eigenvalue weighted by Crippen LogP contribution is 2.19. The third-order valence-corrected chi connectivity index (χ3v) is 1.89. The molecular weight excluding hydrogens is 136 g/mol. The molecule has 0 atom stereocenters. The van der Waals surface area contributed by atoms with Crippen LogP contribution in [0.25, 0.3) is 10.9 Å². The van der Waals surface area contributed by atoms with Crippen molar-refractivity contribution < 1.29 is 0 Å². The monoisotopic (exact) mass is 146 g/mol. The summed E-state index contributed by atoms with van der Waals surface area (Å²) >= 11 is 0. The number of rotatable bonds is 0. The third kappa shape index (κ3) is 0.871. The molecule has 1 aromatic heterocycles. The fraction of sp³-hybridized carbons (Fsp3) is 0.111. The summed E-state index contributed by atoms with van der Waals surface area (Å²) in [5.74, 6) is 0.731. The topological polar surface area (TPSA) is 41.8 Å². The first-order valence-corrected chi connectivity index (χ1v) is 3.61. The van der Waals surface area contributed by atoms with Gasteiger partial charge >= 0.3 is 0 Å². The van der Waals surface area contributed by atoms with Crippen LogP contribution in [0.15, 0.2) is 24.3 Å². The van der Waals surface area contributed by atoms with E-state index in [0.717, 1.165) is 11.3 Å². The Balaban J connectivity index is 2.90. The second-order valence-electron chi connectivity index (χ2n) is 2.76. The Hall–Kier alpha value is -1.44. The zero-order chi connectivity index (χ0) is 7.84. The molecule has 1 heterocycles. The van der Waals surface area contributed by atoms with Crippen LogP contribution in [-0.4, -0.2) is 4.98 Å². The summed E-state index contributed by atoms with van der Waals surface area (Å²) < 4.78 is 0. The molecule has 2 nitrogen and oxygen atoms in total. The first-order chi connectivity index (χ1) is 5.27. The van der Waals surface area contributed by atoms with Crippen LogP contribution in [-0.2, 0) is 0 Å². The molecule has 2 heteroatoms. The Morgan fingerprint density at radius 1 is 1.36 bits per heavy atom. The molecule has 0 aliphatic carbocycles. The average Bonchev–Trinajstić information content (AvgIpc) is 2.31. The Morgan fingerprint density at radius 2 is 2.18 bits per heavy atom. The van der Waals surface area contributed by atoms with Gasteiger partial charge in [0.25, 0.3) is 0 Å². The molecule has 56 valence electrons. The van der Waals surface area contributed by atoms with Gasteiger partial charge < -0.3 is 10.7 Å². The SMILES string of the molecule is Cc1cccc2cc(N)[nH]c12. The van der Waals surface area contributed by atoms with Crippen molar-refractivity contribution in [2.75, 3.05) is 5.73 Å². The van der Waals surface area contributed by atoms with Crippen molar-refractivity contribution in [3.8, 4) is 0 Å². The van der Waals surface area contributed by atoms with Crippen molar-refractivity contribution in [2.24, 2.45) is 0 Å². The number of H-pyrrole nitrogens is 1. The fourth-order valence-electron chi connectivity index (χ4n) is 1.33. The predicted molar refractivity (Wildman–Crippen MR) is 47.4 cm³/mol. The van der Waals surface area contributed by atoms with Crippen LogP contribution in [0.5, 0.6) is 0 Å². The molecule has 0 spiro atoms. The number of aromatic amines is 1. The van der Waals surface area contributed by atoms with Gasteiger partial charge in [-0.05, 0) is 18.6 Å². The van der Waals surface area contributed by atoms with Crippen LogP contribution < -0.4 is 5.73 Å². The second kappa shape index (κ2) is 2.02. The van der Waals surface area contributed by atoms with Crippen LogP contribution in [0.3, 0.4) is 0 Å². The van der Waals surface area contributed by atoms with Gasteiger partial charge in [0, 0.05) is 10.9 Å². The summed E-state index contributed by atoms with van der Waals surface area (Å²) in [6, 6.07) is 8.10. The Labute approximate surface area is 65.0 Å². The van der Waals surface area contributed by atoms with Gasteiger partial charge in [-0.2, -0.15) is 0 Å². The van der Waals surface area contributed by atoms with Crippen molar-refractivity contribution in [2.45, 2.75) is 6.92 Å². The molecule has 11 heavy (non-hydrogen) atoms. The molecule has 2 rings (SSSR count). The number of nitrogen functional groups attached to an aromatic ring is 1. The van der Waals surface area contributed by atoms with E-state index in [9.17, 15) is 0 Å². The summed E-state index contributed by atoms with van der Waals surface area (Å²) in [5.41, 5.74) is 7.98. The summed E-state index contributed by atoms with van der Waals surface area (Å²) in [6.07, 6.45) is 0. The van der Waals surface area contributed by atoms with Crippen molar-refractivity contribution in [3.05, 3.63) is 29.8 Å². The largest absolute Gasteiger partial charge is 0.385 e. The number of fused-ring (bicyclic) bond motifs is 1. The van der Waals surface area contributed by atoms with Crippen LogP contribution in [0, 0.1) is 6.92 Å². The molecular formula is C9H10N2. The van der Waals surface area contributed by atoms with Gasteiger partial charge in [0.1, 0.15) is 5.82 Å². The highest BCUT2D eigenvalue weighted by atomic mass is 14.8. The fourth-order valence-corrected chi connectivity index (χ4v) is 1.33. The van der Waals surface area contributed by atoms with Gasteiger partial charge in [-0.3, -0.25) is 0 Å². The average molecular weight is 146 g/mol. The van der Waals surface area contributed by atoms with E-state index in [-0.39, 0.29) is 0 Å². The van der Waals surface area contributed by atoms with E-state index in [0.29, 0.717) is 0 Å². The number of anilines is 1. The number of nitrogens with two attached hydrogens (primary N) is 1. The first-order valence-electron chi connectivity index (χ1n) is 3.61. The lowest BCUT2D eigenvalue weighted by Gasteiger charge is -1.92. The minimum atomic E-state index is 0.731. The molecule has 0 aliphatic rings. The molecule has 0 amide bonds. The second-order valence-corrected chi connectivity index (χ2v) is 2.76.